The summed E-state index contributed by atoms with van der Waals surface area (Å²) >= 11 is 0. The predicted octanol–water partition coefficient (Wildman–Crippen LogP) is 1.20. The molecule has 1 fully saturated rings. The third-order valence-electron chi connectivity index (χ3n) is 3.24. The van der Waals surface area contributed by atoms with E-state index in [1.54, 1.807) is 0 Å². The molecule has 1 aliphatic rings. The molecule has 1 aliphatic heterocycles. The zero-order valence-corrected chi connectivity index (χ0v) is 11.1. The molecule has 2 rings (SSSR count). The lowest BCUT2D eigenvalue weighted by atomic mass is 10.1. The Kier molecular flexibility index (Phi) is 3.99. The topological polar surface area (TPSA) is 49.4 Å². The van der Waals surface area contributed by atoms with E-state index in [1.807, 2.05) is 7.05 Å². The number of halogens is 1. The highest BCUT2D eigenvalue weighted by Gasteiger charge is 2.29. The summed E-state index contributed by atoms with van der Waals surface area (Å²) in [6, 6.07) is 5.16. The molecule has 1 heterocycles. The normalized spacial score (nSPS) is 22.0. The Morgan fingerprint density at radius 3 is 2.61 bits per heavy atom. The molecule has 6 heteroatoms. The molecule has 0 aliphatic carbocycles. The van der Waals surface area contributed by atoms with Gasteiger partial charge in [-0.05, 0) is 44.2 Å². The second kappa shape index (κ2) is 5.34. The Balaban J connectivity index is 2.22. The lowest BCUT2D eigenvalue weighted by molar-refractivity contribution is 0.293. The maximum Gasteiger partial charge on any atom is 0.243 e. The molecule has 0 saturated carbocycles. The van der Waals surface area contributed by atoms with E-state index in [1.165, 1.54) is 28.6 Å². The van der Waals surface area contributed by atoms with E-state index >= 15 is 0 Å². The van der Waals surface area contributed by atoms with Crippen LogP contribution >= 0.6 is 0 Å². The van der Waals surface area contributed by atoms with Gasteiger partial charge in [-0.2, -0.15) is 4.31 Å². The summed E-state index contributed by atoms with van der Waals surface area (Å²) in [5, 5.41) is 3.10. The fourth-order valence-corrected chi connectivity index (χ4v) is 3.68. The number of hydrogen-bond donors (Lipinski definition) is 1. The SMILES string of the molecule is CN[C@@H]1CCCN(S(=O)(=O)c2ccc(F)cc2)C1. The quantitative estimate of drug-likeness (QED) is 0.899. The highest BCUT2D eigenvalue weighted by molar-refractivity contribution is 7.89. The Morgan fingerprint density at radius 1 is 1.33 bits per heavy atom. The van der Waals surface area contributed by atoms with Crippen LogP contribution in [0.25, 0.3) is 0 Å². The Bertz CT molecular complexity index is 501. The van der Waals surface area contributed by atoms with Crippen LogP contribution < -0.4 is 5.32 Å². The number of piperidine rings is 1. The summed E-state index contributed by atoms with van der Waals surface area (Å²) in [4.78, 5) is 0.153. The van der Waals surface area contributed by atoms with E-state index in [0.717, 1.165) is 12.8 Å². The zero-order valence-electron chi connectivity index (χ0n) is 10.3. The molecule has 0 spiro atoms. The molecule has 1 N–H and O–H groups in total. The summed E-state index contributed by atoms with van der Waals surface area (Å²) < 4.78 is 38.9. The van der Waals surface area contributed by atoms with Gasteiger partial charge in [0, 0.05) is 19.1 Å². The van der Waals surface area contributed by atoms with Gasteiger partial charge in [0.25, 0.3) is 0 Å². The molecule has 0 bridgehead atoms. The molecule has 1 saturated heterocycles. The van der Waals surface area contributed by atoms with E-state index in [9.17, 15) is 12.8 Å². The highest BCUT2D eigenvalue weighted by Crippen LogP contribution is 2.20. The van der Waals surface area contributed by atoms with Crippen molar-refractivity contribution < 1.29 is 12.8 Å². The number of nitrogens with one attached hydrogen (secondary N) is 1. The molecule has 100 valence electrons. The van der Waals surface area contributed by atoms with E-state index in [4.69, 9.17) is 0 Å². The third-order valence-corrected chi connectivity index (χ3v) is 5.12. The van der Waals surface area contributed by atoms with Crippen molar-refractivity contribution >= 4 is 10.0 Å². The number of likely N-dealkylation sites (N-methyl/N-ethyl adjacent to an activating group) is 1. The monoisotopic (exact) mass is 272 g/mol. The minimum Gasteiger partial charge on any atom is -0.316 e. The van der Waals surface area contributed by atoms with Crippen LogP contribution in [0.4, 0.5) is 4.39 Å². The van der Waals surface area contributed by atoms with Crippen LogP contribution in [-0.2, 0) is 10.0 Å². The molecule has 4 nitrogen and oxygen atoms in total. The van der Waals surface area contributed by atoms with Gasteiger partial charge in [0.2, 0.25) is 10.0 Å². The fraction of sp³-hybridized carbons (Fsp3) is 0.500. The summed E-state index contributed by atoms with van der Waals surface area (Å²) in [7, 11) is -1.66. The maximum absolute atomic E-state index is 12.8. The molecule has 0 amide bonds. The van der Waals surface area contributed by atoms with Crippen molar-refractivity contribution in [1.82, 2.24) is 9.62 Å². The van der Waals surface area contributed by atoms with Gasteiger partial charge in [-0.15, -0.1) is 0 Å². The van der Waals surface area contributed by atoms with Gasteiger partial charge in [-0.1, -0.05) is 0 Å². The van der Waals surface area contributed by atoms with Crippen molar-refractivity contribution in [3.8, 4) is 0 Å². The smallest absolute Gasteiger partial charge is 0.243 e. The van der Waals surface area contributed by atoms with Crippen LogP contribution in [0, 0.1) is 5.82 Å². The number of nitrogens with zero attached hydrogens (tertiary/aromatic N) is 1. The number of sulfonamides is 1. The first-order chi connectivity index (χ1) is 8.54. The molecular weight excluding hydrogens is 255 g/mol. The first-order valence-electron chi connectivity index (χ1n) is 5.97. The van der Waals surface area contributed by atoms with E-state index in [0.29, 0.717) is 13.1 Å². The average Bonchev–Trinajstić information content (AvgIpc) is 2.39. The molecule has 1 atom stereocenters. The lowest BCUT2D eigenvalue weighted by Gasteiger charge is -2.31. The Morgan fingerprint density at radius 2 is 2.00 bits per heavy atom. The van der Waals surface area contributed by atoms with Crippen LogP contribution in [0.15, 0.2) is 29.2 Å². The Hall–Kier alpha value is -0.980. The summed E-state index contributed by atoms with van der Waals surface area (Å²) in [6.45, 7) is 0.994. The average molecular weight is 272 g/mol. The first kappa shape index (κ1) is 13.5. The second-order valence-corrected chi connectivity index (χ2v) is 6.38. The van der Waals surface area contributed by atoms with Crippen molar-refractivity contribution in [3.05, 3.63) is 30.1 Å². The fourth-order valence-electron chi connectivity index (χ4n) is 2.15. The van der Waals surface area contributed by atoms with Gasteiger partial charge < -0.3 is 5.32 Å². The third kappa shape index (κ3) is 2.71. The largest absolute Gasteiger partial charge is 0.316 e. The van der Waals surface area contributed by atoms with Crippen LogP contribution in [0.1, 0.15) is 12.8 Å². The second-order valence-electron chi connectivity index (χ2n) is 4.44. The van der Waals surface area contributed by atoms with Gasteiger partial charge in [-0.3, -0.25) is 0 Å². The summed E-state index contributed by atoms with van der Waals surface area (Å²) in [5.74, 6) is -0.430. The standard InChI is InChI=1S/C12H17FN2O2S/c1-14-11-3-2-8-15(9-11)18(16,17)12-6-4-10(13)5-7-12/h4-7,11,14H,2-3,8-9H2,1H3/t11-/m1/s1. The molecule has 0 unspecified atom stereocenters. The number of rotatable bonds is 3. The molecule has 0 aromatic heterocycles. The molecule has 0 radical (unpaired) electrons. The number of benzene rings is 1. The van der Waals surface area contributed by atoms with Gasteiger partial charge in [0.15, 0.2) is 0 Å². The minimum atomic E-state index is -3.50. The molecule has 1 aromatic rings. The molecule has 1 aromatic carbocycles. The van der Waals surface area contributed by atoms with Crippen LogP contribution in [0.5, 0.6) is 0 Å². The lowest BCUT2D eigenvalue weighted by Crippen LogP contribution is -2.46. The Labute approximate surface area is 107 Å². The zero-order chi connectivity index (χ0) is 13.2. The van der Waals surface area contributed by atoms with Crippen LogP contribution in [0.2, 0.25) is 0 Å². The van der Waals surface area contributed by atoms with Gasteiger partial charge in [0.05, 0.1) is 4.90 Å². The first-order valence-corrected chi connectivity index (χ1v) is 7.41. The van der Waals surface area contributed by atoms with E-state index in [2.05, 4.69) is 5.32 Å². The number of hydrogen-bond acceptors (Lipinski definition) is 3. The van der Waals surface area contributed by atoms with Crippen molar-refractivity contribution in [2.75, 3.05) is 20.1 Å². The van der Waals surface area contributed by atoms with E-state index in [-0.39, 0.29) is 10.9 Å². The summed E-state index contributed by atoms with van der Waals surface area (Å²) in [5.41, 5.74) is 0. The van der Waals surface area contributed by atoms with Crippen molar-refractivity contribution in [1.29, 1.82) is 0 Å². The van der Waals surface area contributed by atoms with Crippen molar-refractivity contribution in [2.24, 2.45) is 0 Å². The van der Waals surface area contributed by atoms with Gasteiger partial charge >= 0.3 is 0 Å². The van der Waals surface area contributed by atoms with Crippen molar-refractivity contribution in [2.45, 2.75) is 23.8 Å². The maximum atomic E-state index is 12.8. The van der Waals surface area contributed by atoms with Crippen LogP contribution in [-0.4, -0.2) is 38.9 Å². The van der Waals surface area contributed by atoms with Gasteiger partial charge in [-0.25, -0.2) is 12.8 Å². The predicted molar refractivity (Wildman–Crippen MR) is 67.2 cm³/mol. The van der Waals surface area contributed by atoms with E-state index < -0.39 is 15.8 Å². The summed E-state index contributed by atoms with van der Waals surface area (Å²) in [6.07, 6.45) is 1.82. The minimum absolute atomic E-state index is 0.153. The van der Waals surface area contributed by atoms with Gasteiger partial charge in [0.1, 0.15) is 5.82 Å². The molecule has 18 heavy (non-hydrogen) atoms. The van der Waals surface area contributed by atoms with Crippen LogP contribution in [0.3, 0.4) is 0 Å². The molecular formula is C12H17FN2O2S. The van der Waals surface area contributed by atoms with Crippen molar-refractivity contribution in [3.63, 3.8) is 0 Å². The highest BCUT2D eigenvalue weighted by atomic mass is 32.2.